The quantitative estimate of drug-likeness (QED) is 0.690. The Morgan fingerprint density at radius 1 is 1.13 bits per heavy atom. The molecule has 2 nitrogen and oxygen atoms in total. The number of hydrogen-bond acceptors (Lipinski definition) is 2. The van der Waals surface area contributed by atoms with E-state index < -0.39 is 0 Å². The smallest absolute Gasteiger partial charge is 0.0109 e. The predicted octanol–water partition coefficient (Wildman–Crippen LogP) is 2.31. The van der Waals surface area contributed by atoms with Gasteiger partial charge >= 0.3 is 0 Å². The lowest BCUT2D eigenvalue weighted by molar-refractivity contribution is 0.128. The first-order chi connectivity index (χ1) is 7.11. The predicted molar refractivity (Wildman–Crippen MR) is 67.2 cm³/mol. The summed E-state index contributed by atoms with van der Waals surface area (Å²) in [6.07, 6.45) is 2.69. The molecule has 2 unspecified atom stereocenters. The zero-order valence-corrected chi connectivity index (χ0v) is 11.0. The molecule has 15 heavy (non-hydrogen) atoms. The summed E-state index contributed by atoms with van der Waals surface area (Å²) in [4.78, 5) is 5.09. The molecule has 0 aromatic carbocycles. The van der Waals surface area contributed by atoms with Crippen LogP contribution < -0.4 is 0 Å². The van der Waals surface area contributed by atoms with Crippen molar-refractivity contribution >= 4 is 0 Å². The normalized spacial score (nSPS) is 28.6. The average molecular weight is 212 g/mol. The van der Waals surface area contributed by atoms with Crippen molar-refractivity contribution in [2.24, 2.45) is 11.8 Å². The Morgan fingerprint density at radius 2 is 1.73 bits per heavy atom. The van der Waals surface area contributed by atoms with Crippen LogP contribution in [0.15, 0.2) is 0 Å². The first-order valence-electron chi connectivity index (χ1n) is 6.52. The second-order valence-corrected chi connectivity index (χ2v) is 5.51. The van der Waals surface area contributed by atoms with Crippen molar-refractivity contribution in [1.82, 2.24) is 9.80 Å². The molecular weight excluding hydrogens is 184 g/mol. The maximum atomic E-state index is 2.64. The van der Waals surface area contributed by atoms with Gasteiger partial charge in [0.1, 0.15) is 0 Å². The Hall–Kier alpha value is -0.0800. The Balaban J connectivity index is 2.20. The molecule has 0 aliphatic carbocycles. The highest BCUT2D eigenvalue weighted by Crippen LogP contribution is 2.20. The maximum Gasteiger partial charge on any atom is 0.0109 e. The molecule has 0 amide bonds. The van der Waals surface area contributed by atoms with Gasteiger partial charge < -0.3 is 9.80 Å². The maximum absolute atomic E-state index is 2.64. The zero-order chi connectivity index (χ0) is 11.3. The summed E-state index contributed by atoms with van der Waals surface area (Å²) in [7, 11) is 2.24. The van der Waals surface area contributed by atoms with E-state index in [1.807, 2.05) is 0 Å². The molecule has 2 atom stereocenters. The Labute approximate surface area is 95.6 Å². The minimum absolute atomic E-state index is 0.894. The van der Waals surface area contributed by atoms with Gasteiger partial charge in [-0.3, -0.25) is 0 Å². The van der Waals surface area contributed by atoms with E-state index in [0.717, 1.165) is 11.8 Å². The second kappa shape index (κ2) is 6.49. The minimum atomic E-state index is 0.894. The summed E-state index contributed by atoms with van der Waals surface area (Å²) >= 11 is 0. The lowest BCUT2D eigenvalue weighted by atomic mass is 9.92. The van der Waals surface area contributed by atoms with E-state index in [0.29, 0.717) is 0 Å². The van der Waals surface area contributed by atoms with Gasteiger partial charge in [-0.2, -0.15) is 0 Å². The molecular formula is C13H28N2. The molecule has 1 saturated heterocycles. The monoisotopic (exact) mass is 212 g/mol. The van der Waals surface area contributed by atoms with Gasteiger partial charge in [0, 0.05) is 26.2 Å². The van der Waals surface area contributed by atoms with Crippen molar-refractivity contribution in [3.05, 3.63) is 0 Å². The highest BCUT2D eigenvalue weighted by atomic mass is 15.2. The number of piperidine rings is 1. The van der Waals surface area contributed by atoms with E-state index in [2.05, 4.69) is 37.6 Å². The third kappa shape index (κ3) is 4.98. The Bertz CT molecular complexity index is 160. The van der Waals surface area contributed by atoms with E-state index in [4.69, 9.17) is 0 Å². The largest absolute Gasteiger partial charge is 0.305 e. The van der Waals surface area contributed by atoms with Crippen LogP contribution in [0.2, 0.25) is 0 Å². The summed E-state index contributed by atoms with van der Waals surface area (Å²) < 4.78 is 0. The fraction of sp³-hybridized carbons (Fsp3) is 1.00. The second-order valence-electron chi connectivity index (χ2n) is 5.51. The molecule has 1 aliphatic heterocycles. The molecule has 90 valence electrons. The summed E-state index contributed by atoms with van der Waals surface area (Å²) in [5.74, 6) is 1.79. The van der Waals surface area contributed by atoms with E-state index in [-0.39, 0.29) is 0 Å². The van der Waals surface area contributed by atoms with E-state index in [9.17, 15) is 0 Å². The molecule has 0 spiro atoms. The molecule has 0 aromatic rings. The first kappa shape index (κ1) is 13.0. The van der Waals surface area contributed by atoms with Crippen molar-refractivity contribution in [3.8, 4) is 0 Å². The lowest BCUT2D eigenvalue weighted by Crippen LogP contribution is -2.42. The third-order valence-corrected chi connectivity index (χ3v) is 3.35. The first-order valence-corrected chi connectivity index (χ1v) is 6.52. The number of rotatable bonds is 5. The van der Waals surface area contributed by atoms with Gasteiger partial charge in [0.05, 0.1) is 0 Å². The average Bonchev–Trinajstić information content (AvgIpc) is 2.14. The molecule has 0 bridgehead atoms. The van der Waals surface area contributed by atoms with Crippen molar-refractivity contribution in [1.29, 1.82) is 0 Å². The van der Waals surface area contributed by atoms with E-state index in [1.165, 1.54) is 45.6 Å². The van der Waals surface area contributed by atoms with Crippen molar-refractivity contribution < 1.29 is 0 Å². The summed E-state index contributed by atoms with van der Waals surface area (Å²) in [5, 5.41) is 0. The van der Waals surface area contributed by atoms with Crippen LogP contribution in [0.4, 0.5) is 0 Å². The van der Waals surface area contributed by atoms with Crippen molar-refractivity contribution in [2.45, 2.75) is 33.6 Å². The van der Waals surface area contributed by atoms with Gasteiger partial charge in [-0.25, -0.2) is 0 Å². The van der Waals surface area contributed by atoms with Gasteiger partial charge in [0.2, 0.25) is 0 Å². The number of likely N-dealkylation sites (N-methyl/N-ethyl adjacent to an activating group) is 1. The van der Waals surface area contributed by atoms with E-state index in [1.54, 1.807) is 0 Å². The van der Waals surface area contributed by atoms with Gasteiger partial charge in [-0.05, 0) is 38.3 Å². The molecule has 1 fully saturated rings. The number of nitrogens with zero attached hydrogens (tertiary/aromatic N) is 2. The molecule has 2 heteroatoms. The highest BCUT2D eigenvalue weighted by molar-refractivity contribution is 4.75. The topological polar surface area (TPSA) is 6.48 Å². The minimum Gasteiger partial charge on any atom is -0.305 e. The van der Waals surface area contributed by atoms with E-state index >= 15 is 0 Å². The van der Waals surface area contributed by atoms with Crippen LogP contribution in [-0.2, 0) is 0 Å². The summed E-state index contributed by atoms with van der Waals surface area (Å²) in [6, 6.07) is 0. The fourth-order valence-electron chi connectivity index (χ4n) is 2.78. The van der Waals surface area contributed by atoms with Crippen LogP contribution in [0.25, 0.3) is 0 Å². The van der Waals surface area contributed by atoms with Crippen LogP contribution in [-0.4, -0.2) is 49.6 Å². The van der Waals surface area contributed by atoms with Crippen LogP contribution in [0, 0.1) is 11.8 Å². The molecule has 0 saturated carbocycles. The lowest BCUT2D eigenvalue weighted by Gasteiger charge is -2.35. The SMILES string of the molecule is CCCN(C)CCN1CC(C)CC(C)C1. The Morgan fingerprint density at radius 3 is 2.27 bits per heavy atom. The molecule has 1 heterocycles. The molecule has 1 aliphatic rings. The van der Waals surface area contributed by atoms with Gasteiger partial charge in [0.15, 0.2) is 0 Å². The van der Waals surface area contributed by atoms with Gasteiger partial charge in [0.25, 0.3) is 0 Å². The number of hydrogen-bond donors (Lipinski definition) is 0. The zero-order valence-electron chi connectivity index (χ0n) is 11.0. The van der Waals surface area contributed by atoms with Gasteiger partial charge in [-0.15, -0.1) is 0 Å². The van der Waals surface area contributed by atoms with Crippen LogP contribution >= 0.6 is 0 Å². The van der Waals surface area contributed by atoms with Crippen LogP contribution in [0.3, 0.4) is 0 Å². The van der Waals surface area contributed by atoms with Crippen molar-refractivity contribution in [3.63, 3.8) is 0 Å². The van der Waals surface area contributed by atoms with Crippen molar-refractivity contribution in [2.75, 3.05) is 39.8 Å². The fourth-order valence-corrected chi connectivity index (χ4v) is 2.78. The molecule has 1 rings (SSSR count). The molecule has 0 radical (unpaired) electrons. The van der Waals surface area contributed by atoms with Crippen LogP contribution in [0.1, 0.15) is 33.6 Å². The van der Waals surface area contributed by atoms with Crippen LogP contribution in [0.5, 0.6) is 0 Å². The summed E-state index contributed by atoms with van der Waals surface area (Å²) in [5.41, 5.74) is 0. The number of likely N-dealkylation sites (tertiary alicyclic amines) is 1. The highest BCUT2D eigenvalue weighted by Gasteiger charge is 2.21. The van der Waals surface area contributed by atoms with Gasteiger partial charge in [-0.1, -0.05) is 20.8 Å². The summed E-state index contributed by atoms with van der Waals surface area (Å²) in [6.45, 7) is 13.4. The molecule has 0 N–H and O–H groups in total. The third-order valence-electron chi connectivity index (χ3n) is 3.35. The standard InChI is InChI=1S/C13H28N2/c1-5-6-14(4)7-8-15-10-12(2)9-13(3)11-15/h12-13H,5-11H2,1-4H3. The Kier molecular flexibility index (Phi) is 5.62. The molecule has 0 aromatic heterocycles.